The first-order valence-electron chi connectivity index (χ1n) is 9.33. The molecule has 0 unspecified atom stereocenters. The lowest BCUT2D eigenvalue weighted by atomic mass is 10.0. The van der Waals surface area contributed by atoms with Gasteiger partial charge >= 0.3 is 0 Å². The summed E-state index contributed by atoms with van der Waals surface area (Å²) >= 11 is 0. The Morgan fingerprint density at radius 3 is 2.43 bits per heavy atom. The van der Waals surface area contributed by atoms with Gasteiger partial charge in [-0.1, -0.05) is 60.7 Å². The molecule has 1 fully saturated rings. The first kappa shape index (κ1) is 18.2. The van der Waals surface area contributed by atoms with E-state index in [4.69, 9.17) is 9.47 Å². The summed E-state index contributed by atoms with van der Waals surface area (Å²) in [5.41, 5.74) is 1.21. The van der Waals surface area contributed by atoms with Crippen LogP contribution >= 0.6 is 0 Å². The molecule has 1 amide bonds. The highest BCUT2D eigenvalue weighted by Crippen LogP contribution is 2.31. The Balaban J connectivity index is 1.72. The molecule has 5 heteroatoms. The lowest BCUT2D eigenvalue weighted by Gasteiger charge is -2.31. The van der Waals surface area contributed by atoms with Gasteiger partial charge in [0.2, 0.25) is 6.10 Å². The number of morpholine rings is 1. The summed E-state index contributed by atoms with van der Waals surface area (Å²) in [6.07, 6.45) is -0.0296. The third-order valence-corrected chi connectivity index (χ3v) is 4.94. The zero-order chi connectivity index (χ0) is 19.3. The van der Waals surface area contributed by atoms with E-state index in [-0.39, 0.29) is 5.91 Å². The summed E-state index contributed by atoms with van der Waals surface area (Å²) < 4.78 is 11.5. The van der Waals surface area contributed by atoms with Crippen LogP contribution in [0.1, 0.15) is 22.0 Å². The molecule has 0 aromatic heterocycles. The molecule has 1 aliphatic rings. The number of ether oxygens (including phenoxy) is 2. The smallest absolute Gasteiger partial charge is 0.268 e. The van der Waals surface area contributed by atoms with Gasteiger partial charge < -0.3 is 14.4 Å². The number of carbonyl (C=O) groups excluding carboxylic acids is 2. The highest BCUT2D eigenvalue weighted by molar-refractivity contribution is 6.01. The van der Waals surface area contributed by atoms with Crippen LogP contribution in [-0.2, 0) is 9.53 Å². The second-order valence-electron chi connectivity index (χ2n) is 6.66. The molecule has 0 aliphatic carbocycles. The fourth-order valence-corrected chi connectivity index (χ4v) is 3.47. The lowest BCUT2D eigenvalue weighted by molar-refractivity contribution is -0.143. The number of benzene rings is 3. The monoisotopic (exact) mass is 375 g/mol. The quantitative estimate of drug-likeness (QED) is 0.639. The molecular weight excluding hydrogens is 354 g/mol. The second kappa shape index (κ2) is 8.23. The lowest BCUT2D eigenvalue weighted by Crippen LogP contribution is -2.44. The molecule has 0 saturated carbocycles. The number of aldehydes is 1. The molecule has 1 atom stereocenters. The van der Waals surface area contributed by atoms with Crippen LogP contribution < -0.4 is 4.74 Å². The molecule has 3 aromatic carbocycles. The van der Waals surface area contributed by atoms with Crippen molar-refractivity contribution < 1.29 is 19.1 Å². The SMILES string of the molecule is O=Cc1c(O[C@@H](C(=O)N2CCOCC2)c2ccccc2)ccc2ccccc12. The van der Waals surface area contributed by atoms with Gasteiger partial charge in [0.05, 0.1) is 18.8 Å². The maximum atomic E-state index is 13.2. The Hall–Kier alpha value is -3.18. The molecule has 0 bridgehead atoms. The van der Waals surface area contributed by atoms with E-state index in [2.05, 4.69) is 0 Å². The average molecular weight is 375 g/mol. The summed E-state index contributed by atoms with van der Waals surface area (Å²) in [4.78, 5) is 26.8. The summed E-state index contributed by atoms with van der Waals surface area (Å²) in [5, 5.41) is 1.76. The van der Waals surface area contributed by atoms with Crippen molar-refractivity contribution in [2.24, 2.45) is 0 Å². The minimum atomic E-state index is -0.820. The number of hydrogen-bond acceptors (Lipinski definition) is 4. The minimum Gasteiger partial charge on any atom is -0.475 e. The topological polar surface area (TPSA) is 55.8 Å². The Kier molecular flexibility index (Phi) is 5.35. The molecule has 142 valence electrons. The normalized spacial score (nSPS) is 15.2. The van der Waals surface area contributed by atoms with Crippen LogP contribution in [0.5, 0.6) is 5.75 Å². The van der Waals surface area contributed by atoms with Crippen molar-refractivity contribution in [2.75, 3.05) is 26.3 Å². The van der Waals surface area contributed by atoms with Gasteiger partial charge in [0.15, 0.2) is 6.29 Å². The number of amides is 1. The van der Waals surface area contributed by atoms with Crippen LogP contribution in [0.25, 0.3) is 10.8 Å². The summed E-state index contributed by atoms with van der Waals surface area (Å²) in [5.74, 6) is 0.281. The van der Waals surface area contributed by atoms with Gasteiger partial charge in [0.1, 0.15) is 5.75 Å². The highest BCUT2D eigenvalue weighted by Gasteiger charge is 2.29. The number of rotatable bonds is 5. The maximum absolute atomic E-state index is 13.2. The Bertz CT molecular complexity index is 980. The van der Waals surface area contributed by atoms with E-state index in [1.807, 2.05) is 60.7 Å². The van der Waals surface area contributed by atoms with Crippen molar-refractivity contribution in [1.29, 1.82) is 0 Å². The average Bonchev–Trinajstić information content (AvgIpc) is 2.78. The summed E-state index contributed by atoms with van der Waals surface area (Å²) in [7, 11) is 0. The maximum Gasteiger partial charge on any atom is 0.268 e. The Morgan fingerprint density at radius 2 is 1.68 bits per heavy atom. The second-order valence-corrected chi connectivity index (χ2v) is 6.66. The molecule has 28 heavy (non-hydrogen) atoms. The molecule has 0 spiro atoms. The van der Waals surface area contributed by atoms with E-state index in [9.17, 15) is 9.59 Å². The molecule has 4 rings (SSSR count). The molecule has 1 heterocycles. The zero-order valence-electron chi connectivity index (χ0n) is 15.4. The number of carbonyl (C=O) groups is 2. The molecule has 5 nitrogen and oxygen atoms in total. The Morgan fingerprint density at radius 1 is 0.964 bits per heavy atom. The highest BCUT2D eigenvalue weighted by atomic mass is 16.5. The predicted molar refractivity (Wildman–Crippen MR) is 107 cm³/mol. The third-order valence-electron chi connectivity index (χ3n) is 4.94. The fourth-order valence-electron chi connectivity index (χ4n) is 3.47. The first-order chi connectivity index (χ1) is 13.8. The molecule has 1 saturated heterocycles. The van der Waals surface area contributed by atoms with Crippen LogP contribution in [0, 0.1) is 0 Å². The van der Waals surface area contributed by atoms with E-state index in [1.54, 1.807) is 11.0 Å². The van der Waals surface area contributed by atoms with Crippen molar-refractivity contribution >= 4 is 23.0 Å². The van der Waals surface area contributed by atoms with E-state index in [0.717, 1.165) is 22.6 Å². The third kappa shape index (κ3) is 3.62. The standard InChI is InChI=1S/C23H21NO4/c25-16-20-19-9-5-4-6-17(19)10-11-21(20)28-22(18-7-2-1-3-8-18)23(26)24-12-14-27-15-13-24/h1-11,16,22H,12-15H2/t22-/m1/s1. The van der Waals surface area contributed by atoms with Crippen molar-refractivity contribution in [1.82, 2.24) is 4.90 Å². The van der Waals surface area contributed by atoms with Gasteiger partial charge in [0.25, 0.3) is 5.91 Å². The largest absolute Gasteiger partial charge is 0.475 e. The van der Waals surface area contributed by atoms with E-state index < -0.39 is 6.10 Å². The number of nitrogens with zero attached hydrogens (tertiary/aromatic N) is 1. The number of fused-ring (bicyclic) bond motifs is 1. The van der Waals surface area contributed by atoms with Gasteiger partial charge in [-0.2, -0.15) is 0 Å². The minimum absolute atomic E-state index is 0.125. The van der Waals surface area contributed by atoms with E-state index in [0.29, 0.717) is 37.6 Å². The molecule has 0 radical (unpaired) electrons. The van der Waals surface area contributed by atoms with E-state index >= 15 is 0 Å². The van der Waals surface area contributed by atoms with Gasteiger partial charge in [-0.05, 0) is 16.8 Å². The summed E-state index contributed by atoms with van der Waals surface area (Å²) in [6, 6.07) is 20.7. The molecule has 0 N–H and O–H groups in total. The van der Waals surface area contributed by atoms with Crippen LogP contribution in [0.15, 0.2) is 66.7 Å². The van der Waals surface area contributed by atoms with Crippen molar-refractivity contribution in [3.63, 3.8) is 0 Å². The van der Waals surface area contributed by atoms with Crippen LogP contribution in [0.3, 0.4) is 0 Å². The van der Waals surface area contributed by atoms with Gasteiger partial charge in [-0.3, -0.25) is 9.59 Å². The van der Waals surface area contributed by atoms with Crippen LogP contribution in [0.2, 0.25) is 0 Å². The van der Waals surface area contributed by atoms with Gasteiger partial charge in [-0.15, -0.1) is 0 Å². The van der Waals surface area contributed by atoms with Crippen molar-refractivity contribution in [2.45, 2.75) is 6.10 Å². The molecule has 1 aliphatic heterocycles. The van der Waals surface area contributed by atoms with Crippen LogP contribution in [-0.4, -0.2) is 43.4 Å². The van der Waals surface area contributed by atoms with Crippen LogP contribution in [0.4, 0.5) is 0 Å². The van der Waals surface area contributed by atoms with Gasteiger partial charge in [-0.25, -0.2) is 0 Å². The summed E-state index contributed by atoms with van der Waals surface area (Å²) in [6.45, 7) is 2.10. The van der Waals surface area contributed by atoms with Crippen molar-refractivity contribution in [3.05, 3.63) is 77.9 Å². The number of hydrogen-bond donors (Lipinski definition) is 0. The predicted octanol–water partition coefficient (Wildman–Crippen LogP) is 3.63. The Labute approximate surface area is 163 Å². The first-order valence-corrected chi connectivity index (χ1v) is 9.33. The molecule has 3 aromatic rings. The van der Waals surface area contributed by atoms with Crippen molar-refractivity contribution in [3.8, 4) is 5.75 Å². The molecular formula is C23H21NO4. The fraction of sp³-hybridized carbons (Fsp3) is 0.217. The van der Waals surface area contributed by atoms with Gasteiger partial charge in [0, 0.05) is 18.7 Å². The zero-order valence-corrected chi connectivity index (χ0v) is 15.4. The van der Waals surface area contributed by atoms with E-state index in [1.165, 1.54) is 0 Å².